The molecule has 1 aromatic rings. The Morgan fingerprint density at radius 2 is 2.00 bits per heavy atom. The van der Waals surface area contributed by atoms with E-state index in [-0.39, 0.29) is 23.1 Å². The first-order chi connectivity index (χ1) is 13.4. The number of likely N-dealkylation sites (tertiary alicyclic amines) is 2. The van der Waals surface area contributed by atoms with Gasteiger partial charge in [0.15, 0.2) is 0 Å². The normalized spacial score (nSPS) is 24.5. The first-order valence-corrected chi connectivity index (χ1v) is 9.99. The smallest absolute Gasteiger partial charge is 0.326 e. The van der Waals surface area contributed by atoms with E-state index < -0.39 is 12.0 Å². The van der Waals surface area contributed by atoms with Gasteiger partial charge in [0.05, 0.1) is 7.11 Å². The number of halogens is 1. The maximum Gasteiger partial charge on any atom is 0.326 e. The largest absolute Gasteiger partial charge is 0.497 e. The van der Waals surface area contributed by atoms with Crippen LogP contribution in [0.15, 0.2) is 18.2 Å². The number of carboxylic acids is 1. The van der Waals surface area contributed by atoms with Gasteiger partial charge in [-0.3, -0.25) is 9.69 Å². The highest BCUT2D eigenvalue weighted by molar-refractivity contribution is 5.87. The molecule has 3 fully saturated rings. The third-order valence-corrected chi connectivity index (χ3v) is 6.57. The molecule has 1 aromatic carbocycles. The van der Waals surface area contributed by atoms with Crippen LogP contribution in [0.1, 0.15) is 37.7 Å². The van der Waals surface area contributed by atoms with Crippen molar-refractivity contribution in [3.05, 3.63) is 29.6 Å². The van der Waals surface area contributed by atoms with E-state index in [0.717, 1.165) is 38.8 Å². The van der Waals surface area contributed by atoms with Crippen LogP contribution >= 0.6 is 0 Å². The van der Waals surface area contributed by atoms with E-state index in [1.807, 2.05) is 0 Å². The third-order valence-electron chi connectivity index (χ3n) is 6.57. The summed E-state index contributed by atoms with van der Waals surface area (Å²) in [5, 5.41) is 9.62. The minimum Gasteiger partial charge on any atom is -0.497 e. The third kappa shape index (κ3) is 3.72. The van der Waals surface area contributed by atoms with E-state index >= 15 is 0 Å². The number of amides is 1. The lowest BCUT2D eigenvalue weighted by Crippen LogP contribution is -2.43. The SMILES string of the molecule is COc1ccc(F)c(CN2CCC3(CC2)C[C@H](C(=O)O)N(C(=O)C2CC2)C3)c1. The molecule has 2 heterocycles. The maximum atomic E-state index is 14.1. The van der Waals surface area contributed by atoms with Crippen molar-refractivity contribution in [2.45, 2.75) is 44.7 Å². The molecule has 0 unspecified atom stereocenters. The van der Waals surface area contributed by atoms with Crippen molar-refractivity contribution in [3.63, 3.8) is 0 Å². The van der Waals surface area contributed by atoms with Crippen molar-refractivity contribution in [2.24, 2.45) is 11.3 Å². The molecule has 7 heteroatoms. The maximum absolute atomic E-state index is 14.1. The molecule has 28 heavy (non-hydrogen) atoms. The molecule has 1 saturated carbocycles. The monoisotopic (exact) mass is 390 g/mol. The van der Waals surface area contributed by atoms with E-state index in [1.165, 1.54) is 6.07 Å². The second-order valence-corrected chi connectivity index (χ2v) is 8.53. The highest BCUT2D eigenvalue weighted by Crippen LogP contribution is 2.45. The van der Waals surface area contributed by atoms with E-state index in [0.29, 0.717) is 30.8 Å². The van der Waals surface area contributed by atoms with E-state index in [4.69, 9.17) is 4.74 Å². The second kappa shape index (κ2) is 7.35. The molecule has 2 aliphatic heterocycles. The average molecular weight is 390 g/mol. The summed E-state index contributed by atoms with van der Waals surface area (Å²) in [6.07, 6.45) is 3.96. The summed E-state index contributed by atoms with van der Waals surface area (Å²) in [7, 11) is 1.56. The molecule has 1 atom stereocenters. The van der Waals surface area contributed by atoms with Gasteiger partial charge in [-0.15, -0.1) is 0 Å². The summed E-state index contributed by atoms with van der Waals surface area (Å²) in [6, 6.07) is 4.07. The summed E-state index contributed by atoms with van der Waals surface area (Å²) in [5.41, 5.74) is 0.479. The van der Waals surface area contributed by atoms with Gasteiger partial charge >= 0.3 is 5.97 Å². The lowest BCUT2D eigenvalue weighted by Gasteiger charge is -2.39. The first kappa shape index (κ1) is 19.2. The zero-order valence-corrected chi connectivity index (χ0v) is 16.2. The number of aliphatic carboxylic acids is 1. The molecule has 152 valence electrons. The van der Waals surface area contributed by atoms with E-state index in [1.54, 1.807) is 24.1 Å². The molecule has 0 radical (unpaired) electrons. The predicted octanol–water partition coefficient (Wildman–Crippen LogP) is 2.51. The lowest BCUT2D eigenvalue weighted by molar-refractivity contribution is -0.148. The van der Waals surface area contributed by atoms with Crippen LogP contribution in [-0.2, 0) is 16.1 Å². The Bertz CT molecular complexity index is 772. The number of piperidine rings is 1. The van der Waals surface area contributed by atoms with Crippen LogP contribution in [0.4, 0.5) is 4.39 Å². The van der Waals surface area contributed by atoms with Crippen molar-refractivity contribution < 1.29 is 23.8 Å². The number of nitrogens with zero attached hydrogens (tertiary/aromatic N) is 2. The summed E-state index contributed by atoms with van der Waals surface area (Å²) < 4.78 is 19.3. The van der Waals surface area contributed by atoms with Crippen LogP contribution in [0, 0.1) is 17.2 Å². The Morgan fingerprint density at radius 3 is 2.61 bits per heavy atom. The van der Waals surface area contributed by atoms with Gasteiger partial charge in [-0.05, 0) is 68.8 Å². The number of carbonyl (C=O) groups excluding carboxylic acids is 1. The van der Waals surface area contributed by atoms with Gasteiger partial charge in [0.1, 0.15) is 17.6 Å². The zero-order chi connectivity index (χ0) is 19.9. The highest BCUT2D eigenvalue weighted by Gasteiger charge is 2.51. The highest BCUT2D eigenvalue weighted by atomic mass is 19.1. The molecule has 6 nitrogen and oxygen atoms in total. The van der Waals surface area contributed by atoms with Crippen LogP contribution in [-0.4, -0.2) is 59.6 Å². The minimum absolute atomic E-state index is 0.0187. The van der Waals surface area contributed by atoms with Crippen LogP contribution < -0.4 is 4.74 Å². The fraction of sp³-hybridized carbons (Fsp3) is 0.619. The van der Waals surface area contributed by atoms with Gasteiger partial charge in [-0.25, -0.2) is 9.18 Å². The van der Waals surface area contributed by atoms with Crippen LogP contribution in [0.2, 0.25) is 0 Å². The van der Waals surface area contributed by atoms with Crippen molar-refractivity contribution in [1.29, 1.82) is 0 Å². The number of carboxylic acid groups (broad SMARTS) is 1. The topological polar surface area (TPSA) is 70.1 Å². The number of rotatable bonds is 5. The fourth-order valence-corrected chi connectivity index (χ4v) is 4.66. The Kier molecular flexibility index (Phi) is 5.04. The van der Waals surface area contributed by atoms with Crippen molar-refractivity contribution in [2.75, 3.05) is 26.7 Å². The predicted molar refractivity (Wildman–Crippen MR) is 100 cm³/mol. The minimum atomic E-state index is -0.897. The second-order valence-electron chi connectivity index (χ2n) is 8.53. The quantitative estimate of drug-likeness (QED) is 0.837. The van der Waals surface area contributed by atoms with Gasteiger partial charge in [-0.1, -0.05) is 0 Å². The van der Waals surface area contributed by atoms with Crippen molar-refractivity contribution in [3.8, 4) is 5.75 Å². The van der Waals surface area contributed by atoms with Gasteiger partial charge in [0.25, 0.3) is 0 Å². The summed E-state index contributed by atoms with van der Waals surface area (Å²) in [5.74, 6) is -0.446. The van der Waals surface area contributed by atoms with Crippen molar-refractivity contribution >= 4 is 11.9 Å². The summed E-state index contributed by atoms with van der Waals surface area (Å²) >= 11 is 0. The molecule has 4 rings (SSSR count). The Balaban J connectivity index is 1.40. The average Bonchev–Trinajstić information content (AvgIpc) is 3.47. The van der Waals surface area contributed by atoms with Gasteiger partial charge in [0.2, 0.25) is 5.91 Å². The fourth-order valence-electron chi connectivity index (χ4n) is 4.66. The van der Waals surface area contributed by atoms with Crippen LogP contribution in [0.25, 0.3) is 0 Å². The molecule has 1 spiro atoms. The summed E-state index contributed by atoms with van der Waals surface area (Å²) in [4.78, 5) is 28.1. The van der Waals surface area contributed by atoms with Crippen LogP contribution in [0.3, 0.4) is 0 Å². The first-order valence-electron chi connectivity index (χ1n) is 9.99. The number of hydrogen-bond donors (Lipinski definition) is 1. The molecule has 1 N–H and O–H groups in total. The van der Waals surface area contributed by atoms with E-state index in [2.05, 4.69) is 4.90 Å². The standard InChI is InChI=1S/C21H27FN2O4/c1-28-16-4-5-17(22)15(10-16)12-23-8-6-21(7-9-23)11-18(20(26)27)24(13-21)19(25)14-2-3-14/h4-5,10,14,18H,2-3,6-9,11-13H2,1H3,(H,26,27)/t18-/m1/s1. The Labute approximate surface area is 164 Å². The van der Waals surface area contributed by atoms with Crippen molar-refractivity contribution in [1.82, 2.24) is 9.80 Å². The molecule has 0 aromatic heterocycles. The number of carbonyl (C=O) groups is 2. The zero-order valence-electron chi connectivity index (χ0n) is 16.2. The van der Waals surface area contributed by atoms with Crippen LogP contribution in [0.5, 0.6) is 5.75 Å². The number of ether oxygens (including phenoxy) is 1. The Hall–Kier alpha value is -2.15. The molecule has 2 saturated heterocycles. The molecule has 3 aliphatic rings. The molecular formula is C21H27FN2O4. The lowest BCUT2D eigenvalue weighted by atomic mass is 9.76. The molecular weight excluding hydrogens is 363 g/mol. The summed E-state index contributed by atoms with van der Waals surface area (Å²) in [6.45, 7) is 2.59. The van der Waals surface area contributed by atoms with Gasteiger partial charge in [-0.2, -0.15) is 0 Å². The Morgan fingerprint density at radius 1 is 1.29 bits per heavy atom. The van der Waals surface area contributed by atoms with Gasteiger partial charge < -0.3 is 14.7 Å². The van der Waals surface area contributed by atoms with Gasteiger partial charge in [0, 0.05) is 24.6 Å². The van der Waals surface area contributed by atoms with E-state index in [9.17, 15) is 19.1 Å². The number of benzene rings is 1. The molecule has 1 aliphatic carbocycles. The molecule has 1 amide bonds. The number of methoxy groups -OCH3 is 1. The molecule has 0 bridgehead atoms. The number of hydrogen-bond acceptors (Lipinski definition) is 4.